The molecule has 1 aliphatic heterocycles. The Morgan fingerprint density at radius 2 is 1.70 bits per heavy atom. The summed E-state index contributed by atoms with van der Waals surface area (Å²) < 4.78 is 42.4. The van der Waals surface area contributed by atoms with Gasteiger partial charge in [0, 0.05) is 24.8 Å². The number of piperidine rings is 1. The van der Waals surface area contributed by atoms with E-state index in [1.807, 2.05) is 0 Å². The Hall–Kier alpha value is -2.78. The molecule has 1 heterocycles. The highest BCUT2D eigenvalue weighted by Crippen LogP contribution is 2.29. The molecule has 1 aliphatic rings. The van der Waals surface area contributed by atoms with Crippen LogP contribution in [0.4, 0.5) is 23.7 Å². The first-order valence-electron chi connectivity index (χ1n) is 8.41. The Morgan fingerprint density at radius 3 is 2.22 bits per heavy atom. The second-order valence-electron chi connectivity index (χ2n) is 5.96. The minimum Gasteiger partial charge on any atom is -0.450 e. The van der Waals surface area contributed by atoms with E-state index in [1.165, 1.54) is 4.90 Å². The van der Waals surface area contributed by atoms with Crippen molar-refractivity contribution in [2.75, 3.05) is 25.0 Å². The topological polar surface area (TPSA) is 87.7 Å². The van der Waals surface area contributed by atoms with Gasteiger partial charge in [-0.05, 0) is 44.0 Å². The SMILES string of the molecule is CCOC(=O)N1CCC(NC(=O)C(=O)Nc2ccc(C(F)(F)F)cc2)CC1. The van der Waals surface area contributed by atoms with E-state index in [2.05, 4.69) is 10.6 Å². The van der Waals surface area contributed by atoms with E-state index in [1.54, 1.807) is 6.92 Å². The van der Waals surface area contributed by atoms with E-state index in [-0.39, 0.29) is 18.3 Å². The average molecular weight is 387 g/mol. The summed E-state index contributed by atoms with van der Waals surface area (Å²) >= 11 is 0. The largest absolute Gasteiger partial charge is 0.450 e. The summed E-state index contributed by atoms with van der Waals surface area (Å²) in [5, 5.41) is 4.81. The van der Waals surface area contributed by atoms with Gasteiger partial charge in [-0.15, -0.1) is 0 Å². The Kier molecular flexibility index (Phi) is 6.65. The van der Waals surface area contributed by atoms with Crippen molar-refractivity contribution < 1.29 is 32.3 Å². The molecule has 0 atom stereocenters. The fourth-order valence-electron chi connectivity index (χ4n) is 2.60. The van der Waals surface area contributed by atoms with Crippen LogP contribution in [-0.2, 0) is 20.5 Å². The van der Waals surface area contributed by atoms with Gasteiger partial charge in [-0.3, -0.25) is 9.59 Å². The number of benzene rings is 1. The first-order valence-corrected chi connectivity index (χ1v) is 8.41. The normalized spacial score (nSPS) is 15.2. The van der Waals surface area contributed by atoms with Gasteiger partial charge in [0.05, 0.1) is 12.2 Å². The van der Waals surface area contributed by atoms with Crippen molar-refractivity contribution in [2.24, 2.45) is 0 Å². The molecular weight excluding hydrogens is 367 g/mol. The molecule has 0 unspecified atom stereocenters. The third-order valence-electron chi connectivity index (χ3n) is 4.03. The lowest BCUT2D eigenvalue weighted by atomic mass is 10.1. The molecule has 1 aromatic carbocycles. The van der Waals surface area contributed by atoms with Crippen molar-refractivity contribution in [1.82, 2.24) is 10.2 Å². The molecule has 0 radical (unpaired) electrons. The number of carbonyl (C=O) groups is 3. The summed E-state index contributed by atoms with van der Waals surface area (Å²) in [5.74, 6) is -1.85. The zero-order chi connectivity index (χ0) is 20.0. The zero-order valence-corrected chi connectivity index (χ0v) is 14.6. The molecule has 0 saturated carbocycles. The second-order valence-corrected chi connectivity index (χ2v) is 5.96. The van der Waals surface area contributed by atoms with Crippen LogP contribution >= 0.6 is 0 Å². The minimum atomic E-state index is -4.47. The molecular formula is C17H20F3N3O4. The zero-order valence-electron chi connectivity index (χ0n) is 14.6. The molecule has 148 valence electrons. The fourth-order valence-corrected chi connectivity index (χ4v) is 2.60. The number of ether oxygens (including phenoxy) is 1. The summed E-state index contributed by atoms with van der Waals surface area (Å²) in [4.78, 5) is 37.0. The number of likely N-dealkylation sites (tertiary alicyclic amines) is 1. The molecule has 1 fully saturated rings. The van der Waals surface area contributed by atoms with Gasteiger partial charge in [0.25, 0.3) is 0 Å². The van der Waals surface area contributed by atoms with Crippen LogP contribution in [0.3, 0.4) is 0 Å². The number of nitrogens with zero attached hydrogens (tertiary/aromatic N) is 1. The van der Waals surface area contributed by atoms with Crippen LogP contribution in [0.15, 0.2) is 24.3 Å². The lowest BCUT2D eigenvalue weighted by Gasteiger charge is -2.31. The van der Waals surface area contributed by atoms with E-state index >= 15 is 0 Å². The van der Waals surface area contributed by atoms with Gasteiger partial charge >= 0.3 is 24.1 Å². The molecule has 1 aromatic rings. The standard InChI is InChI=1S/C17H20F3N3O4/c1-2-27-16(26)23-9-7-13(8-10-23)22-15(25)14(24)21-12-5-3-11(4-6-12)17(18,19)20/h3-6,13H,2,7-10H2,1H3,(H,21,24)(H,22,25). The maximum Gasteiger partial charge on any atom is 0.416 e. The third-order valence-corrected chi connectivity index (χ3v) is 4.03. The number of hydrogen-bond donors (Lipinski definition) is 2. The van der Waals surface area contributed by atoms with Crippen LogP contribution in [0, 0.1) is 0 Å². The number of rotatable bonds is 3. The molecule has 0 aromatic heterocycles. The molecule has 0 aliphatic carbocycles. The van der Waals surface area contributed by atoms with E-state index < -0.39 is 29.6 Å². The maximum absolute atomic E-state index is 12.5. The molecule has 2 rings (SSSR count). The van der Waals surface area contributed by atoms with Gasteiger partial charge in [0.1, 0.15) is 0 Å². The van der Waals surface area contributed by atoms with Gasteiger partial charge in [0.15, 0.2) is 0 Å². The molecule has 3 amide bonds. The quantitative estimate of drug-likeness (QED) is 0.780. The molecule has 10 heteroatoms. The molecule has 0 spiro atoms. The van der Waals surface area contributed by atoms with E-state index in [9.17, 15) is 27.6 Å². The van der Waals surface area contributed by atoms with Gasteiger partial charge in [-0.2, -0.15) is 13.2 Å². The molecule has 27 heavy (non-hydrogen) atoms. The highest BCUT2D eigenvalue weighted by Gasteiger charge is 2.30. The van der Waals surface area contributed by atoms with Crippen molar-refractivity contribution >= 4 is 23.6 Å². The van der Waals surface area contributed by atoms with Crippen LogP contribution in [0.1, 0.15) is 25.3 Å². The lowest BCUT2D eigenvalue weighted by molar-refractivity contribution is -0.137. The Balaban J connectivity index is 1.81. The Morgan fingerprint density at radius 1 is 1.11 bits per heavy atom. The summed E-state index contributed by atoms with van der Waals surface area (Å²) in [7, 11) is 0. The number of amides is 3. The number of alkyl halides is 3. The number of anilines is 1. The molecule has 1 saturated heterocycles. The van der Waals surface area contributed by atoms with Gasteiger partial charge in [-0.25, -0.2) is 4.79 Å². The monoisotopic (exact) mass is 387 g/mol. The first-order chi connectivity index (χ1) is 12.7. The Labute approximate surface area is 153 Å². The first kappa shape index (κ1) is 20.5. The summed E-state index contributed by atoms with van der Waals surface area (Å²) in [6.45, 7) is 2.77. The molecule has 0 bridgehead atoms. The van der Waals surface area contributed by atoms with Gasteiger partial charge in [0.2, 0.25) is 0 Å². The van der Waals surface area contributed by atoms with Crippen LogP contribution in [0.2, 0.25) is 0 Å². The fraction of sp³-hybridized carbons (Fsp3) is 0.471. The van der Waals surface area contributed by atoms with Crippen molar-refractivity contribution in [3.8, 4) is 0 Å². The predicted octanol–water partition coefficient (Wildman–Crippen LogP) is 2.38. The van der Waals surface area contributed by atoms with E-state index in [0.717, 1.165) is 24.3 Å². The smallest absolute Gasteiger partial charge is 0.416 e. The second kappa shape index (κ2) is 8.74. The maximum atomic E-state index is 12.5. The van der Waals surface area contributed by atoms with Crippen molar-refractivity contribution in [3.63, 3.8) is 0 Å². The predicted molar refractivity (Wildman–Crippen MR) is 89.8 cm³/mol. The third kappa shape index (κ3) is 5.87. The van der Waals surface area contributed by atoms with E-state index in [4.69, 9.17) is 4.74 Å². The lowest BCUT2D eigenvalue weighted by Crippen LogP contribution is -2.49. The Bertz CT molecular complexity index is 684. The average Bonchev–Trinajstić information content (AvgIpc) is 2.62. The highest BCUT2D eigenvalue weighted by molar-refractivity contribution is 6.39. The van der Waals surface area contributed by atoms with Crippen molar-refractivity contribution in [2.45, 2.75) is 32.0 Å². The minimum absolute atomic E-state index is 0.0836. The van der Waals surface area contributed by atoms with Crippen LogP contribution in [-0.4, -0.2) is 48.5 Å². The molecule has 2 N–H and O–H groups in total. The van der Waals surface area contributed by atoms with Crippen LogP contribution in [0.5, 0.6) is 0 Å². The van der Waals surface area contributed by atoms with Gasteiger partial charge in [-0.1, -0.05) is 0 Å². The number of hydrogen-bond acceptors (Lipinski definition) is 4. The number of nitrogens with one attached hydrogen (secondary N) is 2. The highest BCUT2D eigenvalue weighted by atomic mass is 19.4. The van der Waals surface area contributed by atoms with Crippen LogP contribution < -0.4 is 10.6 Å². The summed E-state index contributed by atoms with van der Waals surface area (Å²) in [5.41, 5.74) is -0.765. The van der Waals surface area contributed by atoms with E-state index in [0.29, 0.717) is 25.9 Å². The summed E-state index contributed by atoms with van der Waals surface area (Å²) in [6.07, 6.45) is -3.95. The number of halogens is 3. The summed E-state index contributed by atoms with van der Waals surface area (Å²) in [6, 6.07) is 3.51. The van der Waals surface area contributed by atoms with Crippen molar-refractivity contribution in [3.05, 3.63) is 29.8 Å². The van der Waals surface area contributed by atoms with Crippen LogP contribution in [0.25, 0.3) is 0 Å². The van der Waals surface area contributed by atoms with Gasteiger partial charge < -0.3 is 20.3 Å². The molecule has 7 nitrogen and oxygen atoms in total. The van der Waals surface area contributed by atoms with Crippen molar-refractivity contribution in [1.29, 1.82) is 0 Å². The number of carbonyl (C=O) groups excluding carboxylic acids is 3.